The molecule has 0 aliphatic rings. The number of halogens is 2. The Morgan fingerprint density at radius 2 is 1.88 bits per heavy atom. The van der Waals surface area contributed by atoms with Gasteiger partial charge in [0.2, 0.25) is 0 Å². The molecule has 0 aromatic heterocycles. The molecule has 0 fully saturated rings. The molecule has 17 heavy (non-hydrogen) atoms. The van der Waals surface area contributed by atoms with E-state index in [1.54, 1.807) is 30.3 Å². The number of hydrogen-bond donors (Lipinski definition) is 1. The third kappa shape index (κ3) is 3.76. The number of para-hydroxylation sites is 1. The lowest BCUT2D eigenvalue weighted by Crippen LogP contribution is -2.35. The zero-order valence-corrected chi connectivity index (χ0v) is 10.1. The molecule has 0 spiro atoms. The van der Waals surface area contributed by atoms with Gasteiger partial charge in [-0.05, 0) is 12.1 Å². The van der Waals surface area contributed by atoms with E-state index in [4.69, 9.17) is 28.3 Å². The normalized spacial score (nSPS) is 11.1. The number of carboxylic acids is 1. The van der Waals surface area contributed by atoms with Crippen LogP contribution >= 0.6 is 23.2 Å². The van der Waals surface area contributed by atoms with Crippen LogP contribution in [0.15, 0.2) is 40.9 Å². The maximum atomic E-state index is 11.8. The van der Waals surface area contributed by atoms with Crippen LogP contribution in [-0.4, -0.2) is 23.5 Å². The minimum absolute atomic E-state index is 0.239. The first kappa shape index (κ1) is 13.5. The molecule has 1 aromatic rings. The quantitative estimate of drug-likeness (QED) is 0.858. The average molecular weight is 274 g/mol. The summed E-state index contributed by atoms with van der Waals surface area (Å²) in [7, 11) is 0. The molecule has 4 nitrogen and oxygen atoms in total. The van der Waals surface area contributed by atoms with E-state index in [1.165, 1.54) is 0 Å². The van der Waals surface area contributed by atoms with Crippen molar-refractivity contribution in [3.63, 3.8) is 0 Å². The monoisotopic (exact) mass is 273 g/mol. The summed E-state index contributed by atoms with van der Waals surface area (Å²) in [4.78, 5) is 23.5. The fourth-order valence-electron chi connectivity index (χ4n) is 1.20. The molecular formula is C11H9Cl2NO3. The standard InChI is InChI=1S/C11H9Cl2NO3/c12-6-9(13)11(17)14(7-10(15)16)8-4-2-1-3-5-8/h1-6H,7H2,(H,15,16)/b9-6-. The van der Waals surface area contributed by atoms with Gasteiger partial charge in [0.15, 0.2) is 0 Å². The first-order valence-corrected chi connectivity index (χ1v) is 5.42. The minimum Gasteiger partial charge on any atom is -0.480 e. The van der Waals surface area contributed by atoms with Crippen LogP contribution in [0.3, 0.4) is 0 Å². The van der Waals surface area contributed by atoms with Gasteiger partial charge in [-0.3, -0.25) is 14.5 Å². The second kappa shape index (κ2) is 6.27. The maximum Gasteiger partial charge on any atom is 0.323 e. The highest BCUT2D eigenvalue weighted by Gasteiger charge is 2.20. The van der Waals surface area contributed by atoms with Crippen molar-refractivity contribution in [2.24, 2.45) is 0 Å². The van der Waals surface area contributed by atoms with E-state index in [9.17, 15) is 9.59 Å². The van der Waals surface area contributed by atoms with E-state index < -0.39 is 18.4 Å². The van der Waals surface area contributed by atoms with E-state index in [1.807, 2.05) is 0 Å². The van der Waals surface area contributed by atoms with Crippen LogP contribution in [-0.2, 0) is 9.59 Å². The van der Waals surface area contributed by atoms with Crippen LogP contribution in [0.25, 0.3) is 0 Å². The van der Waals surface area contributed by atoms with Crippen molar-refractivity contribution in [1.82, 2.24) is 0 Å². The fraction of sp³-hybridized carbons (Fsp3) is 0.0909. The SMILES string of the molecule is O=C(O)CN(C(=O)/C(Cl)=C/Cl)c1ccccc1. The lowest BCUT2D eigenvalue weighted by Gasteiger charge is -2.20. The van der Waals surface area contributed by atoms with Gasteiger partial charge in [-0.25, -0.2) is 0 Å². The smallest absolute Gasteiger partial charge is 0.323 e. The van der Waals surface area contributed by atoms with Crippen molar-refractivity contribution in [3.05, 3.63) is 40.9 Å². The van der Waals surface area contributed by atoms with Crippen molar-refractivity contribution in [3.8, 4) is 0 Å². The molecule has 0 radical (unpaired) electrons. The van der Waals surface area contributed by atoms with Crippen LogP contribution in [0.5, 0.6) is 0 Å². The predicted octanol–water partition coefficient (Wildman–Crippen LogP) is 2.42. The fourth-order valence-corrected chi connectivity index (χ4v) is 1.39. The molecule has 0 atom stereocenters. The molecule has 90 valence electrons. The predicted molar refractivity (Wildman–Crippen MR) is 66.2 cm³/mol. The molecular weight excluding hydrogens is 265 g/mol. The molecule has 0 heterocycles. The second-order valence-electron chi connectivity index (χ2n) is 3.08. The Kier molecular flexibility index (Phi) is 5.00. The summed E-state index contributed by atoms with van der Waals surface area (Å²) in [6, 6.07) is 8.36. The van der Waals surface area contributed by atoms with Crippen molar-refractivity contribution in [2.75, 3.05) is 11.4 Å². The number of rotatable bonds is 4. The minimum atomic E-state index is -1.14. The molecule has 0 bridgehead atoms. The Morgan fingerprint density at radius 1 is 1.29 bits per heavy atom. The van der Waals surface area contributed by atoms with Crippen LogP contribution in [0, 0.1) is 0 Å². The molecule has 0 saturated heterocycles. The van der Waals surface area contributed by atoms with Crippen LogP contribution in [0.1, 0.15) is 0 Å². The Balaban J connectivity index is 3.05. The number of benzene rings is 1. The largest absolute Gasteiger partial charge is 0.480 e. The molecule has 1 amide bonds. The summed E-state index contributed by atoms with van der Waals surface area (Å²) in [6.07, 6.45) is 0. The lowest BCUT2D eigenvalue weighted by atomic mass is 10.3. The number of carbonyl (C=O) groups is 2. The Morgan fingerprint density at radius 3 is 2.35 bits per heavy atom. The second-order valence-corrected chi connectivity index (χ2v) is 3.70. The molecule has 1 N–H and O–H groups in total. The summed E-state index contributed by atoms with van der Waals surface area (Å²) < 4.78 is 0. The van der Waals surface area contributed by atoms with Crippen molar-refractivity contribution in [1.29, 1.82) is 0 Å². The average Bonchev–Trinajstić information content (AvgIpc) is 2.35. The molecule has 6 heteroatoms. The van der Waals surface area contributed by atoms with Gasteiger partial charge >= 0.3 is 5.97 Å². The first-order chi connectivity index (χ1) is 8.06. The van der Waals surface area contributed by atoms with Gasteiger partial charge in [0, 0.05) is 11.2 Å². The Labute approximate surface area is 108 Å². The molecule has 0 aliphatic carbocycles. The first-order valence-electron chi connectivity index (χ1n) is 4.61. The molecule has 1 aromatic carbocycles. The maximum absolute atomic E-state index is 11.8. The van der Waals surface area contributed by atoms with Gasteiger partial charge in [0.25, 0.3) is 5.91 Å². The van der Waals surface area contributed by atoms with E-state index in [0.717, 1.165) is 10.4 Å². The number of hydrogen-bond acceptors (Lipinski definition) is 2. The number of aliphatic carboxylic acids is 1. The van der Waals surface area contributed by atoms with Crippen molar-refractivity contribution >= 4 is 40.8 Å². The van der Waals surface area contributed by atoms with Crippen LogP contribution in [0.2, 0.25) is 0 Å². The highest BCUT2D eigenvalue weighted by atomic mass is 35.5. The van der Waals surface area contributed by atoms with E-state index >= 15 is 0 Å². The van der Waals surface area contributed by atoms with Gasteiger partial charge in [-0.1, -0.05) is 41.4 Å². The topological polar surface area (TPSA) is 57.6 Å². The molecule has 1 rings (SSSR count). The summed E-state index contributed by atoms with van der Waals surface area (Å²) in [5, 5.41) is 8.52. The zero-order valence-electron chi connectivity index (χ0n) is 8.64. The third-order valence-electron chi connectivity index (χ3n) is 1.91. The summed E-state index contributed by atoms with van der Waals surface area (Å²) in [5.41, 5.74) is 1.35. The van der Waals surface area contributed by atoms with Crippen molar-refractivity contribution in [2.45, 2.75) is 0 Å². The van der Waals surface area contributed by atoms with Gasteiger partial charge in [-0.2, -0.15) is 0 Å². The van der Waals surface area contributed by atoms with Crippen molar-refractivity contribution < 1.29 is 14.7 Å². The number of amides is 1. The summed E-state index contributed by atoms with van der Waals surface area (Å²) in [5.74, 6) is -1.79. The van der Waals surface area contributed by atoms with Gasteiger partial charge in [-0.15, -0.1) is 0 Å². The van der Waals surface area contributed by atoms with E-state index in [-0.39, 0.29) is 5.03 Å². The molecule has 0 unspecified atom stereocenters. The number of carboxylic acid groups (broad SMARTS) is 1. The molecule has 0 aliphatic heterocycles. The van der Waals surface area contributed by atoms with Crippen LogP contribution in [0.4, 0.5) is 5.69 Å². The summed E-state index contributed by atoms with van der Waals surface area (Å²) >= 11 is 10.9. The Bertz CT molecular complexity index is 445. The highest BCUT2D eigenvalue weighted by Crippen LogP contribution is 2.18. The summed E-state index contributed by atoms with van der Waals surface area (Å²) in [6.45, 7) is -0.482. The zero-order chi connectivity index (χ0) is 12.8. The van der Waals surface area contributed by atoms with E-state index in [2.05, 4.69) is 0 Å². The Hall–Kier alpha value is -1.52. The number of anilines is 1. The molecule has 0 saturated carbocycles. The number of nitrogens with zero attached hydrogens (tertiary/aromatic N) is 1. The van der Waals surface area contributed by atoms with E-state index in [0.29, 0.717) is 5.69 Å². The number of carbonyl (C=O) groups excluding carboxylic acids is 1. The van der Waals surface area contributed by atoms with Gasteiger partial charge < -0.3 is 5.11 Å². The lowest BCUT2D eigenvalue weighted by molar-refractivity contribution is -0.136. The van der Waals surface area contributed by atoms with Crippen LogP contribution < -0.4 is 4.90 Å². The third-order valence-corrected chi connectivity index (χ3v) is 2.51. The van der Waals surface area contributed by atoms with Gasteiger partial charge in [0.1, 0.15) is 11.6 Å². The van der Waals surface area contributed by atoms with Gasteiger partial charge in [0.05, 0.1) is 0 Å². The highest BCUT2D eigenvalue weighted by molar-refractivity contribution is 6.48.